The first kappa shape index (κ1) is 69.5. The van der Waals surface area contributed by atoms with Crippen LogP contribution >= 0.6 is 34.0 Å². The number of aromatic nitrogens is 3. The van der Waals surface area contributed by atoms with Gasteiger partial charge in [0.2, 0.25) is 0 Å². The number of fused-ring (bicyclic) bond motifs is 7. The van der Waals surface area contributed by atoms with E-state index in [4.69, 9.17) is 17.2 Å². The van der Waals surface area contributed by atoms with E-state index in [1.165, 1.54) is 74.4 Å². The fourth-order valence-corrected chi connectivity index (χ4v) is 17.3. The largest absolute Gasteiger partial charge is 0.397 e. The second-order valence-electron chi connectivity index (χ2n) is 26.7. The van der Waals surface area contributed by atoms with Gasteiger partial charge in [-0.3, -0.25) is 14.4 Å². The molecular formula is C71H75F9N12O3S3. The second kappa shape index (κ2) is 29.2. The highest BCUT2D eigenvalue weighted by Gasteiger charge is 2.36. The smallest absolute Gasteiger partial charge is 0.263 e. The Bertz CT molecular complexity index is 4310. The average Bonchev–Trinajstić information content (AvgIpc) is 1.55. The number of pyridine rings is 3. The quantitative estimate of drug-likeness (QED) is 0.0529. The number of nitrogens with zero attached hydrogens (tertiary/aromatic N) is 6. The number of nitrogens with one attached hydrogen (secondary N) is 3. The lowest BCUT2D eigenvalue weighted by Crippen LogP contribution is -2.37. The molecule has 9 N–H and O–H groups in total. The number of aryl methyl sites for hydroxylation is 1. The Morgan fingerprint density at radius 2 is 0.796 bits per heavy atom. The number of hydrogen-bond acceptors (Lipinski definition) is 15. The summed E-state index contributed by atoms with van der Waals surface area (Å²) in [6.07, 6.45) is 12.2. The zero-order valence-corrected chi connectivity index (χ0v) is 56.8. The average molecular weight is 1410 g/mol. The van der Waals surface area contributed by atoms with Gasteiger partial charge in [-0.1, -0.05) is 20.8 Å². The van der Waals surface area contributed by atoms with Crippen molar-refractivity contribution in [3.63, 3.8) is 0 Å². The Kier molecular flexibility index (Phi) is 20.7. The molecule has 9 heterocycles. The molecule has 3 aromatic carbocycles. The number of rotatable bonds is 15. The molecule has 0 spiro atoms. The van der Waals surface area contributed by atoms with Gasteiger partial charge in [0.25, 0.3) is 17.7 Å². The van der Waals surface area contributed by atoms with Gasteiger partial charge < -0.3 is 47.9 Å². The first-order valence-electron chi connectivity index (χ1n) is 32.9. The van der Waals surface area contributed by atoms with E-state index in [0.717, 1.165) is 131 Å². The van der Waals surface area contributed by atoms with Crippen molar-refractivity contribution in [3.05, 3.63) is 156 Å². The highest BCUT2D eigenvalue weighted by atomic mass is 32.1. The molecule has 27 heteroatoms. The number of carbonyl (C=O) groups is 3. The monoisotopic (exact) mass is 1410 g/mol. The van der Waals surface area contributed by atoms with Crippen molar-refractivity contribution in [1.82, 2.24) is 30.9 Å². The molecule has 3 saturated heterocycles. The molecule has 14 rings (SSSR count). The maximum Gasteiger partial charge on any atom is 0.263 e. The molecule has 3 aliphatic heterocycles. The van der Waals surface area contributed by atoms with Crippen molar-refractivity contribution in [2.24, 2.45) is 23.7 Å². The molecule has 5 aliphatic rings. The van der Waals surface area contributed by atoms with Crippen LogP contribution in [0.4, 0.5) is 73.6 Å². The fraction of sp³-hybridized carbons (Fsp3) is 0.408. The predicted molar refractivity (Wildman–Crippen MR) is 370 cm³/mol. The van der Waals surface area contributed by atoms with E-state index in [0.29, 0.717) is 65.7 Å². The standard InChI is InChI=1S/2C24H25F3N4OS.C23H25F3N4OS/c2*1-12(8-29-23(32)22-21(28)17-5-15(25)9-30-24(17)33-22)16-6-19(27)20(7-18(16)26)31-10-13-2-3-14(4-13)11-31;1-12(14-8-18(26)19(10-17(14)25)30-6-4-3-5-7-30)11-28-22(31)21-20(27)15-9-16(24)13(2)29-23(15)32-21/h2*5-7,9,12-14H,2-4,8,10-11,28H2,1H3,(H,29,32);8-10,12H,3-7,11,27H2,1-2H3,(H,28,31)/t2*12-,13?,14?;12-/m100/s1. The van der Waals surface area contributed by atoms with E-state index in [-0.39, 0.29) is 79.4 Å². The lowest BCUT2D eigenvalue weighted by atomic mass is 9.96. The van der Waals surface area contributed by atoms with Gasteiger partial charge in [-0.05, 0) is 141 Å². The van der Waals surface area contributed by atoms with Crippen molar-refractivity contribution < 1.29 is 53.9 Å². The van der Waals surface area contributed by atoms with Gasteiger partial charge in [-0.2, -0.15) is 0 Å². The van der Waals surface area contributed by atoms with Gasteiger partial charge >= 0.3 is 0 Å². The number of amides is 3. The highest BCUT2D eigenvalue weighted by Crippen LogP contribution is 2.43. The maximum atomic E-state index is 15.0. The minimum Gasteiger partial charge on any atom is -0.397 e. The molecule has 5 fully saturated rings. The molecule has 6 aromatic heterocycles. The summed E-state index contributed by atoms with van der Waals surface area (Å²) in [5.74, 6) is -4.84. The SMILES string of the molecule is C[C@@H](CNC(=O)c1sc2ncc(F)cc2c1N)c1cc(F)c(N2CC3CCC(C3)C2)cc1F.C[C@H](CNC(=O)c1sc2ncc(F)cc2c1N)c1cc(F)c(N2CC3CCC(C3)C2)cc1F.Cc1nc2sc(C(=O)NC[C@H](C)c3cc(F)c(N4CCCCC4)cc3F)c(N)c2cc1F. The Hall–Kier alpha value is -8.43. The summed E-state index contributed by atoms with van der Waals surface area (Å²) in [6, 6.07) is 11.3. The number of halogens is 9. The number of carbonyl (C=O) groups excluding carboxylic acids is 3. The summed E-state index contributed by atoms with van der Waals surface area (Å²) in [5, 5.41) is 9.33. The van der Waals surface area contributed by atoms with Crippen LogP contribution in [0.15, 0.2) is 67.0 Å². The van der Waals surface area contributed by atoms with E-state index in [1.807, 2.05) is 14.7 Å². The normalized spacial score (nSPS) is 19.1. The molecule has 2 saturated carbocycles. The molecule has 7 atom stereocenters. The maximum absolute atomic E-state index is 15.0. The Morgan fingerprint density at radius 1 is 0.459 bits per heavy atom. The van der Waals surface area contributed by atoms with E-state index in [9.17, 15) is 53.9 Å². The third-order valence-electron chi connectivity index (χ3n) is 19.7. The summed E-state index contributed by atoms with van der Waals surface area (Å²) in [6.45, 7) is 11.5. The number of hydrogen-bond donors (Lipinski definition) is 6. The van der Waals surface area contributed by atoms with Crippen molar-refractivity contribution in [2.75, 3.05) is 90.8 Å². The molecule has 98 heavy (non-hydrogen) atoms. The van der Waals surface area contributed by atoms with Gasteiger partial charge in [0.15, 0.2) is 0 Å². The lowest BCUT2D eigenvalue weighted by Gasteiger charge is -2.34. The number of nitrogen functional groups attached to an aromatic ring is 3. The van der Waals surface area contributed by atoms with Crippen molar-refractivity contribution in [1.29, 1.82) is 0 Å². The molecule has 518 valence electrons. The molecule has 4 bridgehead atoms. The minimum absolute atomic E-state index is 0.0900. The summed E-state index contributed by atoms with van der Waals surface area (Å²) in [5.41, 5.74) is 20.3. The van der Waals surface area contributed by atoms with Crippen LogP contribution in [0.25, 0.3) is 30.6 Å². The number of nitrogens with two attached hydrogens (primary N) is 3. The van der Waals surface area contributed by atoms with Crippen LogP contribution in [0, 0.1) is 83.0 Å². The predicted octanol–water partition coefficient (Wildman–Crippen LogP) is 15.3. The van der Waals surface area contributed by atoms with Crippen LogP contribution < -0.4 is 47.9 Å². The third-order valence-corrected chi connectivity index (χ3v) is 23.0. The van der Waals surface area contributed by atoms with Gasteiger partial charge in [-0.15, -0.1) is 34.0 Å². The molecule has 0 radical (unpaired) electrons. The lowest BCUT2D eigenvalue weighted by molar-refractivity contribution is 0.0948. The van der Waals surface area contributed by atoms with E-state index < -0.39 is 87.8 Å². The topological polar surface area (TPSA) is 214 Å². The first-order valence-corrected chi connectivity index (χ1v) is 35.4. The Labute approximate surface area is 572 Å². The van der Waals surface area contributed by atoms with E-state index in [2.05, 4.69) is 30.9 Å². The summed E-state index contributed by atoms with van der Waals surface area (Å²) < 4.78 is 130. The van der Waals surface area contributed by atoms with Crippen molar-refractivity contribution >= 4 is 117 Å². The van der Waals surface area contributed by atoms with Gasteiger partial charge in [-0.25, -0.2) is 54.5 Å². The molecule has 4 unspecified atom stereocenters. The van der Waals surface area contributed by atoms with Crippen molar-refractivity contribution in [2.45, 2.75) is 103 Å². The van der Waals surface area contributed by atoms with Crippen molar-refractivity contribution in [3.8, 4) is 0 Å². The third kappa shape index (κ3) is 14.8. The number of thiophene rings is 3. The van der Waals surface area contributed by atoms with Crippen LogP contribution in [0.3, 0.4) is 0 Å². The van der Waals surface area contributed by atoms with Gasteiger partial charge in [0.05, 0.1) is 52.2 Å². The zero-order valence-electron chi connectivity index (χ0n) is 54.4. The van der Waals surface area contributed by atoms with E-state index in [1.54, 1.807) is 20.8 Å². The summed E-state index contributed by atoms with van der Waals surface area (Å²) >= 11 is 3.20. The molecule has 3 amide bonds. The summed E-state index contributed by atoms with van der Waals surface area (Å²) in [7, 11) is 0. The van der Waals surface area contributed by atoms with Gasteiger partial charge in [0.1, 0.15) is 81.5 Å². The Balaban J connectivity index is 0.000000140. The molecule has 2 aliphatic carbocycles. The minimum atomic E-state index is -0.536. The molecular weight excluding hydrogens is 1340 g/mol. The zero-order chi connectivity index (χ0) is 69.5. The Morgan fingerprint density at radius 3 is 1.16 bits per heavy atom. The van der Waals surface area contributed by atoms with Crippen LogP contribution in [0.2, 0.25) is 0 Å². The van der Waals surface area contributed by atoms with Gasteiger partial charge in [0, 0.05) is 111 Å². The second-order valence-corrected chi connectivity index (χ2v) is 29.7. The van der Waals surface area contributed by atoms with Crippen LogP contribution in [0.1, 0.15) is 148 Å². The molecule has 9 aromatic rings. The number of benzene rings is 3. The first-order chi connectivity index (χ1) is 46.8. The number of piperidine rings is 3. The number of anilines is 6. The van der Waals surface area contributed by atoms with Crippen LogP contribution in [-0.2, 0) is 0 Å². The fourth-order valence-electron chi connectivity index (χ4n) is 14.3. The molecule has 15 nitrogen and oxygen atoms in total. The highest BCUT2D eigenvalue weighted by molar-refractivity contribution is 7.22. The summed E-state index contributed by atoms with van der Waals surface area (Å²) in [4.78, 5) is 57.9. The van der Waals surface area contributed by atoms with Crippen LogP contribution in [-0.4, -0.2) is 91.6 Å². The van der Waals surface area contributed by atoms with E-state index >= 15 is 0 Å². The van der Waals surface area contributed by atoms with Crippen LogP contribution in [0.5, 0.6) is 0 Å².